The van der Waals surface area contributed by atoms with E-state index in [9.17, 15) is 19.5 Å². The van der Waals surface area contributed by atoms with Crippen molar-refractivity contribution in [2.45, 2.75) is 70.7 Å². The first kappa shape index (κ1) is 38.7. The zero-order valence-electron chi connectivity index (χ0n) is 23.0. The molecule has 3 saturated heterocycles. The van der Waals surface area contributed by atoms with Crippen LogP contribution in [0.5, 0.6) is 0 Å². The predicted molar refractivity (Wildman–Crippen MR) is 172 cm³/mol. The summed E-state index contributed by atoms with van der Waals surface area (Å²) in [4.78, 5) is 42.6. The van der Waals surface area contributed by atoms with E-state index in [4.69, 9.17) is 9.47 Å². The van der Waals surface area contributed by atoms with Crippen molar-refractivity contribution in [1.82, 2.24) is 15.1 Å². The molecule has 4 atom stereocenters. The number of aliphatic hydroxyl groups is 1. The molecule has 1 aromatic rings. The number of hydrogen-bond acceptors (Lipinski definition) is 7. The van der Waals surface area contributed by atoms with Gasteiger partial charge < -0.3 is 29.7 Å². The molecular formula is C28H49N3O6S3. The highest BCUT2D eigenvalue weighted by atomic mass is 32.1. The van der Waals surface area contributed by atoms with Crippen molar-refractivity contribution in [3.8, 4) is 0 Å². The van der Waals surface area contributed by atoms with Crippen LogP contribution in [-0.4, -0.2) is 103 Å². The maximum atomic E-state index is 13.4. The fourth-order valence-corrected chi connectivity index (χ4v) is 5.61. The Balaban J connectivity index is 0.00000380. The fraction of sp³-hybridized carbons (Fsp3) is 0.679. The number of benzene rings is 1. The fourth-order valence-electron chi connectivity index (χ4n) is 5.61. The summed E-state index contributed by atoms with van der Waals surface area (Å²) in [6.07, 6.45) is 0.999. The minimum absolute atomic E-state index is 0. The van der Waals surface area contributed by atoms with Crippen molar-refractivity contribution in [1.29, 1.82) is 0 Å². The standard InChI is InChI=1S/C27H39N3O6.CH4.3H2S/c1-17(2)14-21(27(34)30-15-22(31)25-24(30)23(32)16-36-25)28-26(33)20-6-4-18(5-7-20)19-8-10-29(11-9-19)12-13-35-3;;;;/h4-7,17,19,21-22,24-25,31H,8-16H2,1-3H3,(H,28,33);1H4;3*1H2/t21-,22+,24+,25+;;;;/m0..../s1. The van der Waals surface area contributed by atoms with Gasteiger partial charge in [-0.05, 0) is 61.9 Å². The first-order valence-corrected chi connectivity index (χ1v) is 13.0. The summed E-state index contributed by atoms with van der Waals surface area (Å²) in [5.41, 5.74) is 1.72. The largest absolute Gasteiger partial charge is 0.388 e. The Morgan fingerprint density at radius 1 is 1.12 bits per heavy atom. The van der Waals surface area contributed by atoms with Gasteiger partial charge >= 0.3 is 0 Å². The van der Waals surface area contributed by atoms with Gasteiger partial charge in [-0.3, -0.25) is 14.4 Å². The predicted octanol–water partition coefficient (Wildman–Crippen LogP) is 2.17. The van der Waals surface area contributed by atoms with Gasteiger partial charge in [0.1, 0.15) is 30.9 Å². The van der Waals surface area contributed by atoms with Gasteiger partial charge in [0.2, 0.25) is 5.91 Å². The SMILES string of the molecule is C.COCCN1CCC(c2ccc(C(=O)N[C@@H](CC(C)C)C(=O)N3C[C@@H](O)[C@H]4OCC(=O)[C@H]43)cc2)CC1.S.S.S. The number of piperidine rings is 1. The molecule has 0 aromatic heterocycles. The number of nitrogens with one attached hydrogen (secondary N) is 1. The lowest BCUT2D eigenvalue weighted by Gasteiger charge is -2.32. The molecule has 2 N–H and O–H groups in total. The van der Waals surface area contributed by atoms with Crippen LogP contribution in [0.2, 0.25) is 0 Å². The summed E-state index contributed by atoms with van der Waals surface area (Å²) < 4.78 is 10.6. The number of rotatable bonds is 9. The second-order valence-electron chi connectivity index (χ2n) is 10.6. The van der Waals surface area contributed by atoms with Crippen molar-refractivity contribution in [3.63, 3.8) is 0 Å². The highest BCUT2D eigenvalue weighted by molar-refractivity contribution is 7.59. The number of carbonyl (C=O) groups excluding carboxylic acids is 3. The van der Waals surface area contributed by atoms with E-state index < -0.39 is 24.3 Å². The van der Waals surface area contributed by atoms with E-state index in [1.54, 1.807) is 7.11 Å². The Kier molecular flexibility index (Phi) is 17.1. The van der Waals surface area contributed by atoms with E-state index >= 15 is 0 Å². The molecule has 1 aromatic carbocycles. The van der Waals surface area contributed by atoms with Crippen LogP contribution in [0.15, 0.2) is 24.3 Å². The minimum atomic E-state index is -0.903. The van der Waals surface area contributed by atoms with Crippen molar-refractivity contribution >= 4 is 58.1 Å². The van der Waals surface area contributed by atoms with E-state index in [1.165, 1.54) is 10.5 Å². The van der Waals surface area contributed by atoms with Crippen LogP contribution in [0.3, 0.4) is 0 Å². The molecule has 3 aliphatic heterocycles. The third kappa shape index (κ3) is 9.11. The lowest BCUT2D eigenvalue weighted by atomic mass is 9.89. The number of aliphatic hydroxyl groups excluding tert-OH is 1. The van der Waals surface area contributed by atoms with Gasteiger partial charge in [-0.1, -0.05) is 33.4 Å². The molecule has 0 aliphatic carbocycles. The number of methoxy groups -OCH3 is 1. The molecule has 3 heterocycles. The Morgan fingerprint density at radius 3 is 2.33 bits per heavy atom. The Bertz CT molecular complexity index is 944. The number of nitrogens with zero attached hydrogens (tertiary/aromatic N) is 2. The summed E-state index contributed by atoms with van der Waals surface area (Å²) in [6.45, 7) is 7.67. The number of fused-ring (bicyclic) bond motifs is 1. The van der Waals surface area contributed by atoms with Crippen LogP contribution in [0.25, 0.3) is 0 Å². The van der Waals surface area contributed by atoms with Crippen molar-refractivity contribution in [2.24, 2.45) is 5.92 Å². The summed E-state index contributed by atoms with van der Waals surface area (Å²) in [5.74, 6) is -0.258. The van der Waals surface area contributed by atoms with E-state index in [0.717, 1.165) is 39.1 Å². The third-order valence-electron chi connectivity index (χ3n) is 7.59. The maximum Gasteiger partial charge on any atom is 0.251 e. The molecule has 2 amide bonds. The molecule has 230 valence electrons. The van der Waals surface area contributed by atoms with Crippen LogP contribution in [-0.2, 0) is 19.1 Å². The summed E-state index contributed by atoms with van der Waals surface area (Å²) in [6, 6.07) is 6.11. The zero-order valence-corrected chi connectivity index (χ0v) is 26.0. The summed E-state index contributed by atoms with van der Waals surface area (Å²) >= 11 is 0. The molecule has 12 heteroatoms. The van der Waals surface area contributed by atoms with Gasteiger partial charge in [0.05, 0.1) is 13.2 Å². The molecule has 0 spiro atoms. The van der Waals surface area contributed by atoms with Gasteiger partial charge in [-0.2, -0.15) is 40.5 Å². The van der Waals surface area contributed by atoms with E-state index in [0.29, 0.717) is 17.9 Å². The highest BCUT2D eigenvalue weighted by Gasteiger charge is 2.52. The number of hydrogen-bond donors (Lipinski definition) is 2. The molecule has 3 aliphatic rings. The number of β-amino-alcohol motifs (C(OH)–C–C–N with tert-alkyl or cyclic N) is 1. The molecule has 9 nitrogen and oxygen atoms in total. The van der Waals surface area contributed by atoms with E-state index in [1.807, 2.05) is 38.1 Å². The summed E-state index contributed by atoms with van der Waals surface area (Å²) in [5, 5.41) is 13.2. The van der Waals surface area contributed by atoms with Crippen LogP contribution in [0.4, 0.5) is 0 Å². The minimum Gasteiger partial charge on any atom is -0.388 e. The van der Waals surface area contributed by atoms with E-state index in [-0.39, 0.29) is 84.6 Å². The highest BCUT2D eigenvalue weighted by Crippen LogP contribution is 2.30. The Hall–Kier alpha value is -1.28. The van der Waals surface area contributed by atoms with Gasteiger partial charge in [0.25, 0.3) is 5.91 Å². The number of carbonyl (C=O) groups is 3. The number of ether oxygens (including phenoxy) is 2. The van der Waals surface area contributed by atoms with Crippen molar-refractivity contribution in [3.05, 3.63) is 35.4 Å². The van der Waals surface area contributed by atoms with Crippen LogP contribution in [0, 0.1) is 5.92 Å². The van der Waals surface area contributed by atoms with Crippen LogP contribution < -0.4 is 5.32 Å². The van der Waals surface area contributed by atoms with Gasteiger partial charge in [0.15, 0.2) is 5.78 Å². The number of likely N-dealkylation sites (tertiary alicyclic amines) is 2. The first-order chi connectivity index (χ1) is 17.3. The number of ketones is 1. The molecule has 0 saturated carbocycles. The van der Waals surface area contributed by atoms with Gasteiger partial charge in [-0.15, -0.1) is 0 Å². The average Bonchev–Trinajstić information content (AvgIpc) is 3.42. The monoisotopic (exact) mass is 619 g/mol. The van der Waals surface area contributed by atoms with Gasteiger partial charge in [-0.25, -0.2) is 0 Å². The summed E-state index contributed by atoms with van der Waals surface area (Å²) in [7, 11) is 1.73. The lowest BCUT2D eigenvalue weighted by molar-refractivity contribution is -0.138. The van der Waals surface area contributed by atoms with Crippen LogP contribution in [0.1, 0.15) is 62.4 Å². The quantitative estimate of drug-likeness (QED) is 0.436. The molecule has 0 radical (unpaired) electrons. The van der Waals surface area contributed by atoms with Gasteiger partial charge in [0, 0.05) is 19.2 Å². The van der Waals surface area contributed by atoms with Crippen molar-refractivity contribution < 1.29 is 29.0 Å². The molecular weight excluding hydrogens is 571 g/mol. The van der Waals surface area contributed by atoms with E-state index in [2.05, 4.69) is 10.2 Å². The Morgan fingerprint density at radius 2 is 1.75 bits per heavy atom. The molecule has 0 bridgehead atoms. The normalized spacial score (nSPS) is 23.3. The average molecular weight is 620 g/mol. The second-order valence-corrected chi connectivity index (χ2v) is 10.6. The zero-order chi connectivity index (χ0) is 25.8. The Labute approximate surface area is 260 Å². The van der Waals surface area contributed by atoms with Crippen molar-refractivity contribution in [2.75, 3.05) is 46.5 Å². The number of amides is 2. The molecule has 40 heavy (non-hydrogen) atoms. The maximum absolute atomic E-state index is 13.4. The lowest BCUT2D eigenvalue weighted by Crippen LogP contribution is -2.52. The second kappa shape index (κ2) is 17.6. The topological polar surface area (TPSA) is 108 Å². The third-order valence-corrected chi connectivity index (χ3v) is 7.59. The smallest absolute Gasteiger partial charge is 0.251 e. The molecule has 4 rings (SSSR count). The van der Waals surface area contributed by atoms with Crippen LogP contribution >= 0.6 is 40.5 Å². The molecule has 0 unspecified atom stereocenters. The first-order valence-electron chi connectivity index (χ1n) is 13.0. The number of Topliss-reactive ketones (excluding diaryl/α,β-unsaturated/α-hetero) is 1. The molecule has 3 fully saturated rings.